The van der Waals surface area contributed by atoms with Crippen LogP contribution >= 0.6 is 0 Å². The first-order valence-electron chi connectivity index (χ1n) is 10.8. The molecule has 1 N–H and O–H groups in total. The highest BCUT2D eigenvalue weighted by Crippen LogP contribution is 2.25. The number of nitriles is 1. The Hall–Kier alpha value is -4.90. The molecule has 0 saturated carbocycles. The molecule has 0 aliphatic rings. The third-order valence-electron chi connectivity index (χ3n) is 5.57. The number of hydrogen-bond donors (Lipinski definition) is 1. The van der Waals surface area contributed by atoms with Crippen molar-refractivity contribution in [2.24, 2.45) is 0 Å². The molecule has 1 heterocycles. The molecule has 0 radical (unpaired) electrons. The fraction of sp³-hybridized carbons (Fsp3) is 0.111. The van der Waals surface area contributed by atoms with Crippen LogP contribution in [0.1, 0.15) is 16.7 Å². The number of benzene rings is 3. The highest BCUT2D eigenvalue weighted by atomic mass is 16.6. The summed E-state index contributed by atoms with van der Waals surface area (Å²) in [6.45, 7) is 0.679. The SMILES string of the molecule is COc1ccc(CNC(=O)/C(C#N)=C\c2cn(Cc3cccc([N+](=O)[O-])c3)c3ccccc23)cc1. The lowest BCUT2D eigenvalue weighted by Crippen LogP contribution is -2.23. The third kappa shape index (κ3) is 5.37. The first kappa shape index (κ1) is 23.3. The van der Waals surface area contributed by atoms with Gasteiger partial charge in [-0.1, -0.05) is 42.5 Å². The maximum atomic E-state index is 12.7. The standard InChI is InChI=1S/C27H22N4O4/c1-35-24-11-9-19(10-12-24)16-29-27(32)21(15-28)14-22-18-30(26-8-3-2-7-25(22)26)17-20-5-4-6-23(13-20)31(33)34/h2-14,18H,16-17H2,1H3,(H,29,32)/b21-14-. The molecule has 8 heteroatoms. The lowest BCUT2D eigenvalue weighted by atomic mass is 10.1. The molecule has 35 heavy (non-hydrogen) atoms. The van der Waals surface area contributed by atoms with Gasteiger partial charge in [0.05, 0.1) is 12.0 Å². The van der Waals surface area contributed by atoms with Crippen LogP contribution in [0.4, 0.5) is 5.69 Å². The minimum absolute atomic E-state index is 0.0169. The van der Waals surface area contributed by atoms with E-state index in [1.807, 2.05) is 59.3 Å². The van der Waals surface area contributed by atoms with Crippen LogP contribution in [0.25, 0.3) is 17.0 Å². The molecule has 3 aromatic carbocycles. The molecule has 0 saturated heterocycles. The van der Waals surface area contributed by atoms with E-state index in [1.54, 1.807) is 31.4 Å². The Morgan fingerprint density at radius 1 is 1.11 bits per heavy atom. The van der Waals surface area contributed by atoms with Crippen LogP contribution in [0, 0.1) is 21.4 Å². The summed E-state index contributed by atoms with van der Waals surface area (Å²) in [7, 11) is 1.58. The number of carbonyl (C=O) groups excluding carboxylic acids is 1. The molecular weight excluding hydrogens is 444 g/mol. The van der Waals surface area contributed by atoms with Crippen molar-refractivity contribution in [3.63, 3.8) is 0 Å². The van der Waals surface area contributed by atoms with E-state index >= 15 is 0 Å². The molecule has 0 aliphatic carbocycles. The van der Waals surface area contributed by atoms with E-state index in [1.165, 1.54) is 12.1 Å². The predicted molar refractivity (Wildman–Crippen MR) is 133 cm³/mol. The second-order valence-electron chi connectivity index (χ2n) is 7.86. The number of nitro benzene ring substituents is 1. The first-order valence-corrected chi connectivity index (χ1v) is 10.8. The van der Waals surface area contributed by atoms with Gasteiger partial charge in [0, 0.05) is 47.9 Å². The highest BCUT2D eigenvalue weighted by molar-refractivity contribution is 6.04. The van der Waals surface area contributed by atoms with Gasteiger partial charge in [-0.25, -0.2) is 0 Å². The molecule has 4 rings (SSSR count). The van der Waals surface area contributed by atoms with Crippen molar-refractivity contribution in [2.45, 2.75) is 13.1 Å². The zero-order valence-corrected chi connectivity index (χ0v) is 19.0. The summed E-state index contributed by atoms with van der Waals surface area (Å²) >= 11 is 0. The number of ether oxygens (including phenoxy) is 1. The summed E-state index contributed by atoms with van der Waals surface area (Å²) in [5.41, 5.74) is 3.26. The summed E-state index contributed by atoms with van der Waals surface area (Å²) in [5.74, 6) is 0.248. The van der Waals surface area contributed by atoms with Crippen LogP contribution in [0.5, 0.6) is 5.75 Å². The van der Waals surface area contributed by atoms with Gasteiger partial charge in [-0.05, 0) is 35.4 Å². The van der Waals surface area contributed by atoms with Gasteiger partial charge in [-0.2, -0.15) is 5.26 Å². The summed E-state index contributed by atoms with van der Waals surface area (Å²) in [6, 6.07) is 23.4. The van der Waals surface area contributed by atoms with Crippen molar-refractivity contribution in [1.29, 1.82) is 5.26 Å². The number of hydrogen-bond acceptors (Lipinski definition) is 5. The van der Waals surface area contributed by atoms with Crippen molar-refractivity contribution in [2.75, 3.05) is 7.11 Å². The fourth-order valence-corrected chi connectivity index (χ4v) is 3.81. The predicted octanol–water partition coefficient (Wildman–Crippen LogP) is 4.83. The van der Waals surface area contributed by atoms with Gasteiger partial charge < -0.3 is 14.6 Å². The van der Waals surface area contributed by atoms with E-state index in [9.17, 15) is 20.2 Å². The second-order valence-corrected chi connectivity index (χ2v) is 7.86. The zero-order chi connectivity index (χ0) is 24.8. The number of nitrogens with zero attached hydrogens (tertiary/aromatic N) is 3. The topological polar surface area (TPSA) is 110 Å². The van der Waals surface area contributed by atoms with E-state index in [4.69, 9.17) is 4.74 Å². The number of fused-ring (bicyclic) bond motifs is 1. The lowest BCUT2D eigenvalue weighted by molar-refractivity contribution is -0.384. The second kappa shape index (κ2) is 10.4. The molecular formula is C27H22N4O4. The van der Waals surface area contributed by atoms with E-state index in [0.29, 0.717) is 12.1 Å². The van der Waals surface area contributed by atoms with Crippen LogP contribution in [0.15, 0.2) is 84.6 Å². The summed E-state index contributed by atoms with van der Waals surface area (Å²) in [5, 5.41) is 24.4. The van der Waals surface area contributed by atoms with E-state index < -0.39 is 10.8 Å². The Balaban J connectivity index is 1.59. The Labute approximate surface area is 201 Å². The van der Waals surface area contributed by atoms with E-state index in [-0.39, 0.29) is 17.8 Å². The maximum Gasteiger partial charge on any atom is 0.269 e. The maximum absolute atomic E-state index is 12.7. The van der Waals surface area contributed by atoms with Gasteiger partial charge in [-0.3, -0.25) is 14.9 Å². The van der Waals surface area contributed by atoms with Gasteiger partial charge in [0.25, 0.3) is 11.6 Å². The number of carbonyl (C=O) groups is 1. The third-order valence-corrected chi connectivity index (χ3v) is 5.57. The number of nitrogens with one attached hydrogen (secondary N) is 1. The summed E-state index contributed by atoms with van der Waals surface area (Å²) in [4.78, 5) is 23.4. The van der Waals surface area contributed by atoms with Crippen LogP contribution in [-0.4, -0.2) is 22.5 Å². The summed E-state index contributed by atoms with van der Waals surface area (Å²) in [6.07, 6.45) is 3.41. The number of nitro groups is 1. The molecule has 174 valence electrons. The van der Waals surface area contributed by atoms with Crippen molar-refractivity contribution in [3.05, 3.63) is 111 Å². The van der Waals surface area contributed by atoms with E-state index in [0.717, 1.165) is 27.8 Å². The molecule has 0 unspecified atom stereocenters. The number of amides is 1. The molecule has 8 nitrogen and oxygen atoms in total. The first-order chi connectivity index (χ1) is 17.0. The molecule has 4 aromatic rings. The van der Waals surface area contributed by atoms with Crippen LogP contribution in [-0.2, 0) is 17.9 Å². The number of aromatic nitrogens is 1. The molecule has 1 aromatic heterocycles. The Morgan fingerprint density at radius 3 is 2.60 bits per heavy atom. The monoisotopic (exact) mass is 466 g/mol. The normalized spacial score (nSPS) is 11.1. The number of rotatable bonds is 8. The molecule has 0 fully saturated rings. The van der Waals surface area contributed by atoms with Crippen LogP contribution < -0.4 is 10.1 Å². The average molecular weight is 466 g/mol. The molecule has 0 aliphatic heterocycles. The zero-order valence-electron chi connectivity index (χ0n) is 19.0. The van der Waals surface area contributed by atoms with Crippen LogP contribution in [0.3, 0.4) is 0 Å². The Bertz CT molecular complexity index is 1460. The van der Waals surface area contributed by atoms with Crippen molar-refractivity contribution < 1.29 is 14.5 Å². The number of methoxy groups -OCH3 is 1. The van der Waals surface area contributed by atoms with Gasteiger partial charge in [0.2, 0.25) is 0 Å². The Morgan fingerprint density at radius 2 is 1.89 bits per heavy atom. The smallest absolute Gasteiger partial charge is 0.269 e. The van der Waals surface area contributed by atoms with Crippen molar-refractivity contribution >= 4 is 28.6 Å². The molecule has 1 amide bonds. The van der Waals surface area contributed by atoms with Gasteiger partial charge in [0.1, 0.15) is 17.4 Å². The van der Waals surface area contributed by atoms with Crippen molar-refractivity contribution in [1.82, 2.24) is 9.88 Å². The fourth-order valence-electron chi connectivity index (χ4n) is 3.81. The van der Waals surface area contributed by atoms with Crippen molar-refractivity contribution in [3.8, 4) is 11.8 Å². The van der Waals surface area contributed by atoms with Gasteiger partial charge >= 0.3 is 0 Å². The van der Waals surface area contributed by atoms with Gasteiger partial charge in [-0.15, -0.1) is 0 Å². The van der Waals surface area contributed by atoms with E-state index in [2.05, 4.69) is 5.32 Å². The summed E-state index contributed by atoms with van der Waals surface area (Å²) < 4.78 is 7.09. The molecule has 0 atom stereocenters. The minimum Gasteiger partial charge on any atom is -0.497 e. The minimum atomic E-state index is -0.473. The van der Waals surface area contributed by atoms with Crippen LogP contribution in [0.2, 0.25) is 0 Å². The lowest BCUT2D eigenvalue weighted by Gasteiger charge is -2.06. The quantitative estimate of drug-likeness (QED) is 0.173. The largest absolute Gasteiger partial charge is 0.497 e. The average Bonchev–Trinajstić information content (AvgIpc) is 3.23. The number of para-hydroxylation sites is 1. The number of non-ortho nitro benzene ring substituents is 1. The van der Waals surface area contributed by atoms with Gasteiger partial charge in [0.15, 0.2) is 0 Å². The molecule has 0 spiro atoms. The highest BCUT2D eigenvalue weighted by Gasteiger charge is 2.13. The Kier molecular flexibility index (Phi) is 6.88. The molecule has 0 bridgehead atoms.